The fourth-order valence-corrected chi connectivity index (χ4v) is 4.97. The van der Waals surface area contributed by atoms with Crippen LogP contribution >= 0.6 is 0 Å². The Kier molecular flexibility index (Phi) is 5.74. The molecule has 6 nitrogen and oxygen atoms in total. The summed E-state index contributed by atoms with van der Waals surface area (Å²) in [7, 11) is -2.97. The van der Waals surface area contributed by atoms with E-state index >= 15 is 0 Å². The molecule has 2 heterocycles. The number of benzene rings is 1. The molecule has 1 unspecified atom stereocenters. The lowest BCUT2D eigenvalue weighted by Gasteiger charge is -2.28. The van der Waals surface area contributed by atoms with Crippen LogP contribution in [0.15, 0.2) is 42.6 Å². The van der Waals surface area contributed by atoms with E-state index in [9.17, 15) is 17.6 Å². The maximum absolute atomic E-state index is 12.9. The molecule has 0 spiro atoms. The van der Waals surface area contributed by atoms with E-state index in [-0.39, 0.29) is 41.5 Å². The lowest BCUT2D eigenvalue weighted by Crippen LogP contribution is -2.36. The first-order valence-corrected chi connectivity index (χ1v) is 10.7. The Morgan fingerprint density at radius 2 is 2.00 bits per heavy atom. The first-order valence-electron chi connectivity index (χ1n) is 8.84. The van der Waals surface area contributed by atoms with Gasteiger partial charge in [-0.3, -0.25) is 4.79 Å². The van der Waals surface area contributed by atoms with Crippen molar-refractivity contribution < 1.29 is 17.6 Å². The number of pyridine rings is 1. The van der Waals surface area contributed by atoms with Gasteiger partial charge in [-0.25, -0.2) is 17.8 Å². The van der Waals surface area contributed by atoms with Gasteiger partial charge in [0.2, 0.25) is 0 Å². The Hall–Kier alpha value is -2.48. The maximum Gasteiger partial charge on any atom is 0.270 e. The molecule has 1 fully saturated rings. The van der Waals surface area contributed by atoms with Gasteiger partial charge in [-0.1, -0.05) is 12.1 Å². The Morgan fingerprint density at radius 3 is 2.56 bits per heavy atom. The van der Waals surface area contributed by atoms with Gasteiger partial charge >= 0.3 is 0 Å². The number of amides is 1. The highest BCUT2D eigenvalue weighted by Gasteiger charge is 2.32. The van der Waals surface area contributed by atoms with Gasteiger partial charge in [0.25, 0.3) is 5.91 Å². The summed E-state index contributed by atoms with van der Waals surface area (Å²) in [6.45, 7) is 2.91. The zero-order valence-corrected chi connectivity index (χ0v) is 15.9. The molecule has 1 aromatic carbocycles. The van der Waals surface area contributed by atoms with E-state index in [0.29, 0.717) is 13.0 Å². The lowest BCUT2D eigenvalue weighted by atomic mass is 10.2. The number of hydrogen-bond acceptors (Lipinski definition) is 5. The summed E-state index contributed by atoms with van der Waals surface area (Å²) in [5.74, 6) is -0.276. The number of carbonyl (C=O) groups is 1. The van der Waals surface area contributed by atoms with Crippen LogP contribution in [0.2, 0.25) is 0 Å². The smallest absolute Gasteiger partial charge is 0.270 e. The van der Waals surface area contributed by atoms with Crippen molar-refractivity contribution in [2.75, 3.05) is 23.0 Å². The number of aromatic nitrogens is 1. The minimum absolute atomic E-state index is 0.0556. The van der Waals surface area contributed by atoms with Crippen LogP contribution in [0, 0.1) is 5.82 Å². The van der Waals surface area contributed by atoms with Crippen LogP contribution in [0.1, 0.15) is 29.4 Å². The van der Waals surface area contributed by atoms with E-state index in [0.717, 1.165) is 11.3 Å². The van der Waals surface area contributed by atoms with E-state index in [4.69, 9.17) is 0 Å². The van der Waals surface area contributed by atoms with E-state index in [1.165, 1.54) is 12.1 Å². The SMILES string of the molecule is CCN(c1ccc(C(=O)NCc2ccc(F)cc2)nc1)C1CCS(=O)(=O)C1. The number of carbonyl (C=O) groups excluding carboxylic acids is 1. The molecule has 3 rings (SSSR count). The van der Waals surface area contributed by atoms with Gasteiger partial charge in [-0.15, -0.1) is 0 Å². The van der Waals surface area contributed by atoms with Crippen LogP contribution in [0.4, 0.5) is 10.1 Å². The second kappa shape index (κ2) is 8.04. The number of nitrogens with one attached hydrogen (secondary N) is 1. The Bertz CT molecular complexity index is 899. The molecule has 8 heteroatoms. The molecule has 1 aromatic heterocycles. The molecule has 144 valence electrons. The zero-order chi connectivity index (χ0) is 19.4. The van der Waals surface area contributed by atoms with Crippen molar-refractivity contribution in [2.24, 2.45) is 0 Å². The summed E-state index contributed by atoms with van der Waals surface area (Å²) in [6.07, 6.45) is 2.21. The molecule has 1 saturated heterocycles. The average Bonchev–Trinajstić information content (AvgIpc) is 3.02. The minimum atomic E-state index is -2.97. The van der Waals surface area contributed by atoms with Crippen LogP contribution in [-0.2, 0) is 16.4 Å². The lowest BCUT2D eigenvalue weighted by molar-refractivity contribution is 0.0946. The number of anilines is 1. The topological polar surface area (TPSA) is 79.4 Å². The quantitative estimate of drug-likeness (QED) is 0.816. The molecule has 1 atom stereocenters. The highest BCUT2D eigenvalue weighted by atomic mass is 32.2. The van der Waals surface area contributed by atoms with Crippen LogP contribution in [0.5, 0.6) is 0 Å². The summed E-state index contributed by atoms with van der Waals surface area (Å²) >= 11 is 0. The third-order valence-electron chi connectivity index (χ3n) is 4.67. The third kappa shape index (κ3) is 4.82. The number of rotatable bonds is 6. The third-order valence-corrected chi connectivity index (χ3v) is 6.42. The highest BCUT2D eigenvalue weighted by Crippen LogP contribution is 2.23. The predicted octanol–water partition coefficient (Wildman–Crippen LogP) is 2.16. The molecule has 0 saturated carbocycles. The normalized spacial score (nSPS) is 18.2. The second-order valence-electron chi connectivity index (χ2n) is 6.55. The van der Waals surface area contributed by atoms with Crippen LogP contribution in [0.3, 0.4) is 0 Å². The van der Waals surface area contributed by atoms with Crippen LogP contribution in [0.25, 0.3) is 0 Å². The highest BCUT2D eigenvalue weighted by molar-refractivity contribution is 7.91. The molecular formula is C19H22FN3O3S. The molecule has 1 N–H and O–H groups in total. The molecule has 0 radical (unpaired) electrons. The van der Waals surface area contributed by atoms with E-state index in [2.05, 4.69) is 10.3 Å². The Balaban J connectivity index is 1.63. The second-order valence-corrected chi connectivity index (χ2v) is 8.78. The van der Waals surface area contributed by atoms with E-state index < -0.39 is 9.84 Å². The van der Waals surface area contributed by atoms with Gasteiger partial charge in [0, 0.05) is 19.1 Å². The predicted molar refractivity (Wildman–Crippen MR) is 102 cm³/mol. The van der Waals surface area contributed by atoms with Gasteiger partial charge in [0.15, 0.2) is 9.84 Å². The van der Waals surface area contributed by atoms with Gasteiger partial charge in [-0.05, 0) is 43.2 Å². The van der Waals surface area contributed by atoms with Crippen molar-refractivity contribution in [3.8, 4) is 0 Å². The van der Waals surface area contributed by atoms with Gasteiger partial charge in [0.1, 0.15) is 11.5 Å². The fraction of sp³-hybridized carbons (Fsp3) is 0.368. The Labute approximate surface area is 158 Å². The summed E-state index contributed by atoms with van der Waals surface area (Å²) in [5.41, 5.74) is 1.87. The largest absolute Gasteiger partial charge is 0.367 e. The maximum atomic E-state index is 12.9. The van der Waals surface area contributed by atoms with Crippen molar-refractivity contribution in [3.05, 3.63) is 59.7 Å². The number of hydrogen-bond donors (Lipinski definition) is 1. The molecule has 1 aliphatic rings. The Morgan fingerprint density at radius 1 is 1.26 bits per heavy atom. The molecule has 0 aliphatic carbocycles. The van der Waals surface area contributed by atoms with Crippen molar-refractivity contribution in [3.63, 3.8) is 0 Å². The average molecular weight is 391 g/mol. The molecule has 27 heavy (non-hydrogen) atoms. The van der Waals surface area contributed by atoms with E-state index in [1.807, 2.05) is 11.8 Å². The van der Waals surface area contributed by atoms with Crippen molar-refractivity contribution >= 4 is 21.4 Å². The van der Waals surface area contributed by atoms with Gasteiger partial charge in [-0.2, -0.15) is 0 Å². The van der Waals surface area contributed by atoms with Crippen molar-refractivity contribution in [1.29, 1.82) is 0 Å². The molecule has 1 amide bonds. The van der Waals surface area contributed by atoms with Crippen LogP contribution < -0.4 is 10.2 Å². The number of halogens is 1. The summed E-state index contributed by atoms with van der Waals surface area (Å²) in [6, 6.07) is 9.27. The molecular weight excluding hydrogens is 369 g/mol. The molecule has 1 aliphatic heterocycles. The summed E-state index contributed by atoms with van der Waals surface area (Å²) in [5, 5.41) is 2.75. The monoisotopic (exact) mass is 391 g/mol. The first-order chi connectivity index (χ1) is 12.9. The number of nitrogens with zero attached hydrogens (tertiary/aromatic N) is 2. The van der Waals surface area contributed by atoms with Crippen molar-refractivity contribution in [1.82, 2.24) is 10.3 Å². The minimum Gasteiger partial charge on any atom is -0.367 e. The van der Waals surface area contributed by atoms with Crippen molar-refractivity contribution in [2.45, 2.75) is 25.9 Å². The van der Waals surface area contributed by atoms with Gasteiger partial charge < -0.3 is 10.2 Å². The fourth-order valence-electron chi connectivity index (χ4n) is 3.24. The standard InChI is InChI=1S/C19H22FN3O3S/c1-2-23(17-9-10-27(25,26)13-17)16-7-8-18(21-12-16)19(24)22-11-14-3-5-15(20)6-4-14/h3-8,12,17H,2,9-11,13H2,1H3,(H,22,24). The van der Waals surface area contributed by atoms with E-state index in [1.54, 1.807) is 30.5 Å². The molecule has 0 bridgehead atoms. The van der Waals surface area contributed by atoms with Crippen LogP contribution in [-0.4, -0.2) is 43.4 Å². The zero-order valence-electron chi connectivity index (χ0n) is 15.1. The van der Waals surface area contributed by atoms with Gasteiger partial charge in [0.05, 0.1) is 23.4 Å². The number of sulfone groups is 1. The summed E-state index contributed by atoms with van der Waals surface area (Å²) in [4.78, 5) is 18.5. The molecule has 2 aromatic rings. The summed E-state index contributed by atoms with van der Waals surface area (Å²) < 4.78 is 36.4. The first kappa shape index (κ1) is 19.3.